The molecule has 9 nitrogen and oxygen atoms in total. The van der Waals surface area contributed by atoms with Crippen molar-refractivity contribution < 1.29 is 28.6 Å². The maximum Gasteiger partial charge on any atom is 0.253 e. The number of amides is 2. The van der Waals surface area contributed by atoms with Gasteiger partial charge in [0, 0.05) is 25.7 Å². The second kappa shape index (κ2) is 12.9. The normalized spacial score (nSPS) is 19.4. The zero-order chi connectivity index (χ0) is 29.7. The predicted octanol–water partition coefficient (Wildman–Crippen LogP) is 4.46. The van der Waals surface area contributed by atoms with Crippen molar-refractivity contribution in [2.45, 2.75) is 58.6 Å². The van der Waals surface area contributed by atoms with Crippen LogP contribution >= 0.6 is 0 Å². The Balaban J connectivity index is 1.50. The van der Waals surface area contributed by atoms with Gasteiger partial charge in [0.1, 0.15) is 17.8 Å². The first-order valence-corrected chi connectivity index (χ1v) is 14.6. The highest BCUT2D eigenvalue weighted by atomic mass is 16.7. The highest BCUT2D eigenvalue weighted by molar-refractivity contribution is 6.10. The Kier molecular flexibility index (Phi) is 9.58. The summed E-state index contributed by atoms with van der Waals surface area (Å²) >= 11 is 0. The zero-order valence-electron chi connectivity index (χ0n) is 25.1. The number of hydrogen-bond donors (Lipinski definition) is 1. The van der Waals surface area contributed by atoms with Gasteiger partial charge in [0.15, 0.2) is 17.3 Å². The smallest absolute Gasteiger partial charge is 0.253 e. The van der Waals surface area contributed by atoms with Crippen LogP contribution in [-0.2, 0) is 9.59 Å². The third-order valence-electron chi connectivity index (χ3n) is 8.45. The van der Waals surface area contributed by atoms with Crippen molar-refractivity contribution in [2.24, 2.45) is 11.3 Å². The van der Waals surface area contributed by atoms with Crippen molar-refractivity contribution in [3.8, 4) is 17.2 Å². The van der Waals surface area contributed by atoms with Crippen LogP contribution in [0.5, 0.6) is 17.2 Å². The number of Topliss-reactive ketones (excluding diaryl/α,β-unsaturated/α-hetero) is 1. The van der Waals surface area contributed by atoms with E-state index in [0.29, 0.717) is 48.6 Å². The fourth-order valence-electron chi connectivity index (χ4n) is 5.75. The van der Waals surface area contributed by atoms with Crippen LogP contribution in [0.15, 0.2) is 42.5 Å². The third-order valence-corrected chi connectivity index (χ3v) is 8.45. The van der Waals surface area contributed by atoms with E-state index in [9.17, 15) is 14.4 Å². The van der Waals surface area contributed by atoms with Crippen LogP contribution in [0.2, 0.25) is 0 Å². The molecule has 4 rings (SSSR count). The van der Waals surface area contributed by atoms with Gasteiger partial charge in [0.25, 0.3) is 5.91 Å². The highest BCUT2D eigenvalue weighted by Crippen LogP contribution is 2.50. The van der Waals surface area contributed by atoms with Crippen molar-refractivity contribution in [3.05, 3.63) is 53.6 Å². The molecule has 0 bridgehead atoms. The first-order chi connectivity index (χ1) is 19.6. The molecule has 1 N–H and O–H groups in total. The van der Waals surface area contributed by atoms with Crippen LogP contribution < -0.4 is 19.5 Å². The molecule has 9 heteroatoms. The Hall–Kier alpha value is -3.59. The van der Waals surface area contributed by atoms with Crippen molar-refractivity contribution in [2.75, 3.05) is 41.0 Å². The number of ketones is 1. The molecule has 2 aromatic carbocycles. The molecule has 2 unspecified atom stereocenters. The van der Waals surface area contributed by atoms with Crippen LogP contribution in [-0.4, -0.2) is 74.5 Å². The molecule has 0 aromatic heterocycles. The number of likely N-dealkylation sites (N-methyl/N-ethyl adjacent to an activating group) is 2. The fraction of sp³-hybridized carbons (Fsp3) is 0.531. The maximum absolute atomic E-state index is 13.7. The maximum atomic E-state index is 13.7. The SMILES string of the molecule is CCCC(NC(=O)C1C(=O)C(CC)(CC)[C@@H]1Oc1ccc(C(=O)N(C)CCN(C)C)cc1)c1ccc2c(c1)OCO2. The minimum atomic E-state index is -0.915. The number of carbonyl (C=O) groups is 3. The van der Waals surface area contributed by atoms with Gasteiger partial charge in [0.2, 0.25) is 12.7 Å². The van der Waals surface area contributed by atoms with Gasteiger partial charge in [-0.05, 0) is 75.3 Å². The summed E-state index contributed by atoms with van der Waals surface area (Å²) in [6, 6.07) is 12.3. The van der Waals surface area contributed by atoms with E-state index in [4.69, 9.17) is 14.2 Å². The molecule has 1 saturated carbocycles. The van der Waals surface area contributed by atoms with E-state index in [1.807, 2.05) is 51.0 Å². The number of benzene rings is 2. The van der Waals surface area contributed by atoms with Crippen molar-refractivity contribution in [3.63, 3.8) is 0 Å². The molecule has 1 fully saturated rings. The lowest BCUT2D eigenvalue weighted by Gasteiger charge is -2.51. The lowest BCUT2D eigenvalue weighted by Crippen LogP contribution is -2.68. The molecular formula is C32H43N3O6. The van der Waals surface area contributed by atoms with E-state index in [2.05, 4.69) is 12.2 Å². The molecule has 0 spiro atoms. The Bertz CT molecular complexity index is 1240. The number of carbonyl (C=O) groups excluding carboxylic acids is 3. The van der Waals surface area contributed by atoms with Gasteiger partial charge in [-0.3, -0.25) is 14.4 Å². The van der Waals surface area contributed by atoms with Crippen molar-refractivity contribution >= 4 is 17.6 Å². The number of nitrogens with zero attached hydrogens (tertiary/aromatic N) is 2. The molecule has 2 aliphatic rings. The third kappa shape index (κ3) is 6.20. The van der Waals surface area contributed by atoms with E-state index in [1.165, 1.54) is 0 Å². The van der Waals surface area contributed by atoms with Crippen LogP contribution in [0.4, 0.5) is 0 Å². The van der Waals surface area contributed by atoms with Gasteiger partial charge in [-0.25, -0.2) is 0 Å². The highest BCUT2D eigenvalue weighted by Gasteiger charge is 2.64. The van der Waals surface area contributed by atoms with E-state index < -0.39 is 17.4 Å². The van der Waals surface area contributed by atoms with E-state index in [1.54, 1.807) is 36.2 Å². The zero-order valence-corrected chi connectivity index (χ0v) is 25.1. The van der Waals surface area contributed by atoms with Gasteiger partial charge >= 0.3 is 0 Å². The molecule has 222 valence electrons. The Morgan fingerprint density at radius 3 is 2.32 bits per heavy atom. The largest absolute Gasteiger partial charge is 0.488 e. The summed E-state index contributed by atoms with van der Waals surface area (Å²) in [4.78, 5) is 43.7. The fourth-order valence-corrected chi connectivity index (χ4v) is 5.75. The predicted molar refractivity (Wildman–Crippen MR) is 156 cm³/mol. The number of fused-ring (bicyclic) bond motifs is 1. The molecule has 2 amide bonds. The van der Waals surface area contributed by atoms with Crippen LogP contribution in [0, 0.1) is 11.3 Å². The summed E-state index contributed by atoms with van der Waals surface area (Å²) in [7, 11) is 5.72. The standard InChI is InChI=1S/C32H43N3O6/c1-7-10-24(22-13-16-25-26(19-22)40-20-39-25)33-30(37)27-28(36)32(8-2,9-3)29(27)41-23-14-11-21(12-15-23)31(38)35(6)18-17-34(4)5/h11-16,19,24,27,29H,7-10,17-18,20H2,1-6H3,(H,33,37)/t24?,27?,29-/m1/s1. The van der Waals surface area contributed by atoms with Gasteiger partial charge in [-0.2, -0.15) is 0 Å². The lowest BCUT2D eigenvalue weighted by molar-refractivity contribution is -0.173. The summed E-state index contributed by atoms with van der Waals surface area (Å²) < 4.78 is 17.3. The van der Waals surface area contributed by atoms with Crippen LogP contribution in [0.1, 0.15) is 68.4 Å². The van der Waals surface area contributed by atoms with Gasteiger partial charge in [-0.15, -0.1) is 0 Å². The van der Waals surface area contributed by atoms with Crippen molar-refractivity contribution in [1.29, 1.82) is 0 Å². The summed E-state index contributed by atoms with van der Waals surface area (Å²) in [6.45, 7) is 7.55. The first kappa shape index (κ1) is 30.4. The molecule has 41 heavy (non-hydrogen) atoms. The lowest BCUT2D eigenvalue weighted by atomic mass is 9.55. The molecular weight excluding hydrogens is 522 g/mol. The molecule has 1 heterocycles. The molecule has 1 aliphatic carbocycles. The first-order valence-electron chi connectivity index (χ1n) is 14.6. The van der Waals surface area contributed by atoms with Gasteiger partial charge < -0.3 is 29.3 Å². The quantitative estimate of drug-likeness (QED) is 0.358. The summed E-state index contributed by atoms with van der Waals surface area (Å²) in [5.74, 6) is 0.462. The van der Waals surface area contributed by atoms with Gasteiger partial charge in [-0.1, -0.05) is 33.3 Å². The Morgan fingerprint density at radius 2 is 1.68 bits per heavy atom. The molecule has 1 aliphatic heterocycles. The minimum absolute atomic E-state index is 0.0728. The number of rotatable bonds is 13. The van der Waals surface area contributed by atoms with Gasteiger partial charge in [0.05, 0.1) is 11.5 Å². The summed E-state index contributed by atoms with van der Waals surface area (Å²) in [5, 5.41) is 3.13. The number of hydrogen-bond acceptors (Lipinski definition) is 7. The van der Waals surface area contributed by atoms with Crippen LogP contribution in [0.3, 0.4) is 0 Å². The Labute approximate surface area is 243 Å². The average molecular weight is 566 g/mol. The molecule has 2 aromatic rings. The molecule has 0 saturated heterocycles. The Morgan fingerprint density at radius 1 is 1.00 bits per heavy atom. The number of ether oxygens (including phenoxy) is 3. The number of nitrogens with one attached hydrogen (secondary N) is 1. The summed E-state index contributed by atoms with van der Waals surface area (Å²) in [5.41, 5.74) is 0.727. The van der Waals surface area contributed by atoms with E-state index in [0.717, 1.165) is 18.5 Å². The monoisotopic (exact) mass is 565 g/mol. The molecule has 3 atom stereocenters. The van der Waals surface area contributed by atoms with E-state index in [-0.39, 0.29) is 30.4 Å². The topological polar surface area (TPSA) is 97.4 Å². The average Bonchev–Trinajstić information content (AvgIpc) is 3.44. The second-order valence-corrected chi connectivity index (χ2v) is 11.3. The van der Waals surface area contributed by atoms with Crippen molar-refractivity contribution in [1.82, 2.24) is 15.1 Å². The second-order valence-electron chi connectivity index (χ2n) is 11.3. The van der Waals surface area contributed by atoms with Crippen LogP contribution in [0.25, 0.3) is 0 Å². The minimum Gasteiger partial charge on any atom is -0.488 e. The molecule has 0 radical (unpaired) electrons. The van der Waals surface area contributed by atoms with E-state index >= 15 is 0 Å². The summed E-state index contributed by atoms with van der Waals surface area (Å²) in [6.07, 6.45) is 2.10.